The number of nitrogens with zero attached hydrogens (tertiary/aromatic N) is 2. The summed E-state index contributed by atoms with van der Waals surface area (Å²) in [5, 5.41) is 19.7. The number of aliphatic hydroxyl groups is 1. The van der Waals surface area contributed by atoms with Crippen LogP contribution in [0, 0.1) is 11.3 Å². The molecule has 1 aliphatic carbocycles. The van der Waals surface area contributed by atoms with Crippen molar-refractivity contribution in [1.82, 2.24) is 4.98 Å². The molecule has 0 spiro atoms. The van der Waals surface area contributed by atoms with Crippen molar-refractivity contribution in [3.63, 3.8) is 0 Å². The Morgan fingerprint density at radius 1 is 1.44 bits per heavy atom. The summed E-state index contributed by atoms with van der Waals surface area (Å²) in [6, 6.07) is 4.20. The number of pyridine rings is 1. The predicted octanol–water partition coefficient (Wildman–Crippen LogP) is 2.70. The van der Waals surface area contributed by atoms with E-state index in [2.05, 4.69) is 11.1 Å². The molecule has 4 heteroatoms. The van der Waals surface area contributed by atoms with Gasteiger partial charge in [0, 0.05) is 11.4 Å². The molecule has 1 N–H and O–H groups in total. The predicted molar refractivity (Wildman–Crippen MR) is 72.6 cm³/mol. The summed E-state index contributed by atoms with van der Waals surface area (Å²) in [5.41, 5.74) is 2.27. The van der Waals surface area contributed by atoms with E-state index >= 15 is 0 Å². The Kier molecular flexibility index (Phi) is 3.94. The number of rotatable bonds is 3. The molecular weight excluding hydrogens is 244 g/mol. The maximum absolute atomic E-state index is 9.75. The molecule has 1 aromatic heterocycles. The van der Waals surface area contributed by atoms with Crippen LogP contribution in [0.2, 0.25) is 0 Å². The average molecular weight is 262 g/mol. The Morgan fingerprint density at radius 2 is 2.17 bits per heavy atom. The van der Waals surface area contributed by atoms with E-state index in [1.807, 2.05) is 6.07 Å². The number of aryl methyl sites for hydroxylation is 2. The van der Waals surface area contributed by atoms with Gasteiger partial charge in [0.15, 0.2) is 0 Å². The van der Waals surface area contributed by atoms with Gasteiger partial charge < -0.3 is 5.11 Å². The van der Waals surface area contributed by atoms with Crippen molar-refractivity contribution < 1.29 is 5.11 Å². The molecule has 0 fully saturated rings. The standard InChI is InChI=1S/C14H18N2OS/c1-14(2,17)9-18-13-11(8-15)7-10-5-3-4-6-12(10)16-13/h7,17H,3-6,9H2,1-2H3. The van der Waals surface area contributed by atoms with E-state index in [0.29, 0.717) is 11.3 Å². The van der Waals surface area contributed by atoms with E-state index in [1.54, 1.807) is 13.8 Å². The molecule has 3 nitrogen and oxygen atoms in total. The van der Waals surface area contributed by atoms with Crippen molar-refractivity contribution in [3.05, 3.63) is 22.9 Å². The molecule has 1 aromatic rings. The lowest BCUT2D eigenvalue weighted by Crippen LogP contribution is -2.22. The molecule has 1 aliphatic rings. The maximum Gasteiger partial charge on any atom is 0.114 e. The quantitative estimate of drug-likeness (QED) is 0.851. The van der Waals surface area contributed by atoms with Crippen LogP contribution >= 0.6 is 11.8 Å². The van der Waals surface area contributed by atoms with Crippen LogP contribution in [0.1, 0.15) is 43.5 Å². The molecular formula is C14H18N2OS. The Bertz CT molecular complexity index is 486. The second-order valence-electron chi connectivity index (χ2n) is 5.37. The highest BCUT2D eigenvalue weighted by Gasteiger charge is 2.18. The Labute approximate surface area is 112 Å². The summed E-state index contributed by atoms with van der Waals surface area (Å²) in [4.78, 5) is 4.62. The van der Waals surface area contributed by atoms with Gasteiger partial charge in [0.2, 0.25) is 0 Å². The van der Waals surface area contributed by atoms with Gasteiger partial charge in [-0.2, -0.15) is 5.26 Å². The number of hydrogen-bond donors (Lipinski definition) is 1. The van der Waals surface area contributed by atoms with E-state index in [0.717, 1.165) is 23.6 Å². The molecule has 0 saturated heterocycles. The first kappa shape index (κ1) is 13.4. The molecule has 0 saturated carbocycles. The summed E-state index contributed by atoms with van der Waals surface area (Å²) in [5.74, 6) is 0.549. The molecule has 0 radical (unpaired) electrons. The third-order valence-corrected chi connectivity index (χ3v) is 4.38. The van der Waals surface area contributed by atoms with Gasteiger partial charge in [-0.05, 0) is 51.2 Å². The summed E-state index contributed by atoms with van der Waals surface area (Å²) >= 11 is 1.47. The number of fused-ring (bicyclic) bond motifs is 1. The molecule has 0 unspecified atom stereocenters. The third-order valence-electron chi connectivity index (χ3n) is 2.95. The first-order chi connectivity index (χ1) is 8.49. The number of nitriles is 1. The van der Waals surface area contributed by atoms with Gasteiger partial charge in [0.1, 0.15) is 11.1 Å². The molecule has 0 aliphatic heterocycles. The van der Waals surface area contributed by atoms with Crippen molar-refractivity contribution in [2.45, 2.75) is 50.2 Å². The maximum atomic E-state index is 9.75. The van der Waals surface area contributed by atoms with E-state index in [9.17, 15) is 10.4 Å². The first-order valence-corrected chi connectivity index (χ1v) is 7.26. The van der Waals surface area contributed by atoms with Crippen molar-refractivity contribution in [2.24, 2.45) is 0 Å². The van der Waals surface area contributed by atoms with Crippen LogP contribution in [0.5, 0.6) is 0 Å². The smallest absolute Gasteiger partial charge is 0.114 e. The summed E-state index contributed by atoms with van der Waals surface area (Å²) in [6.45, 7) is 3.54. The van der Waals surface area contributed by atoms with Gasteiger partial charge in [-0.25, -0.2) is 4.98 Å². The third kappa shape index (κ3) is 3.24. The highest BCUT2D eigenvalue weighted by Crippen LogP contribution is 2.28. The normalized spacial score (nSPS) is 15.0. The van der Waals surface area contributed by atoms with Gasteiger partial charge in [-0.1, -0.05) is 0 Å². The van der Waals surface area contributed by atoms with Crippen molar-refractivity contribution in [2.75, 3.05) is 5.75 Å². The van der Waals surface area contributed by atoms with Crippen molar-refractivity contribution in [1.29, 1.82) is 5.26 Å². The first-order valence-electron chi connectivity index (χ1n) is 6.28. The van der Waals surface area contributed by atoms with E-state index in [1.165, 1.54) is 30.2 Å². The van der Waals surface area contributed by atoms with Crippen LogP contribution in [0.4, 0.5) is 0 Å². The number of thioether (sulfide) groups is 1. The molecule has 2 rings (SSSR count). The fourth-order valence-corrected chi connectivity index (χ4v) is 2.97. The average Bonchev–Trinajstić information content (AvgIpc) is 2.34. The lowest BCUT2D eigenvalue weighted by Gasteiger charge is -2.19. The molecule has 0 atom stereocenters. The minimum atomic E-state index is -0.741. The number of aromatic nitrogens is 1. The molecule has 0 aromatic carbocycles. The largest absolute Gasteiger partial charge is 0.390 e. The highest BCUT2D eigenvalue weighted by molar-refractivity contribution is 7.99. The highest BCUT2D eigenvalue weighted by atomic mass is 32.2. The van der Waals surface area contributed by atoms with Crippen molar-refractivity contribution >= 4 is 11.8 Å². The van der Waals surface area contributed by atoms with E-state index in [4.69, 9.17) is 0 Å². The molecule has 96 valence electrons. The summed E-state index contributed by atoms with van der Waals surface area (Å²) < 4.78 is 0. The van der Waals surface area contributed by atoms with Crippen molar-refractivity contribution in [3.8, 4) is 6.07 Å². The van der Waals surface area contributed by atoms with Gasteiger partial charge in [-0.3, -0.25) is 0 Å². The molecule has 0 bridgehead atoms. The zero-order valence-corrected chi connectivity index (χ0v) is 11.7. The second-order valence-corrected chi connectivity index (χ2v) is 6.33. The Hall–Kier alpha value is -1.05. The van der Waals surface area contributed by atoms with E-state index in [-0.39, 0.29) is 0 Å². The molecule has 18 heavy (non-hydrogen) atoms. The van der Waals surface area contributed by atoms with Crippen LogP contribution in [0.15, 0.2) is 11.1 Å². The lowest BCUT2D eigenvalue weighted by molar-refractivity contribution is 0.107. The van der Waals surface area contributed by atoms with Crippen LogP contribution in [-0.4, -0.2) is 21.4 Å². The minimum Gasteiger partial charge on any atom is -0.390 e. The van der Waals surface area contributed by atoms with E-state index < -0.39 is 5.60 Å². The Morgan fingerprint density at radius 3 is 2.83 bits per heavy atom. The van der Waals surface area contributed by atoms with Crippen LogP contribution in [0.3, 0.4) is 0 Å². The zero-order chi connectivity index (χ0) is 13.2. The SMILES string of the molecule is CC(C)(O)CSc1nc2c(cc1C#N)CCCC2. The van der Waals surface area contributed by atoms with Crippen LogP contribution in [0.25, 0.3) is 0 Å². The van der Waals surface area contributed by atoms with Crippen LogP contribution < -0.4 is 0 Å². The monoisotopic (exact) mass is 262 g/mol. The number of hydrogen-bond acceptors (Lipinski definition) is 4. The molecule has 1 heterocycles. The topological polar surface area (TPSA) is 56.9 Å². The van der Waals surface area contributed by atoms with Gasteiger partial charge >= 0.3 is 0 Å². The summed E-state index contributed by atoms with van der Waals surface area (Å²) in [7, 11) is 0. The second kappa shape index (κ2) is 5.29. The van der Waals surface area contributed by atoms with Gasteiger partial charge in [0.25, 0.3) is 0 Å². The Balaban J connectivity index is 2.26. The zero-order valence-electron chi connectivity index (χ0n) is 10.9. The fraction of sp³-hybridized carbons (Fsp3) is 0.571. The van der Waals surface area contributed by atoms with Gasteiger partial charge in [-0.15, -0.1) is 11.8 Å². The fourth-order valence-electron chi connectivity index (χ4n) is 2.05. The lowest BCUT2D eigenvalue weighted by atomic mass is 9.95. The van der Waals surface area contributed by atoms with Gasteiger partial charge in [0.05, 0.1) is 11.2 Å². The molecule has 0 amide bonds. The minimum absolute atomic E-state index is 0.549. The van der Waals surface area contributed by atoms with Crippen LogP contribution in [-0.2, 0) is 12.8 Å². The summed E-state index contributed by atoms with van der Waals surface area (Å²) in [6.07, 6.45) is 4.42.